The third kappa shape index (κ3) is 3.84. The second kappa shape index (κ2) is 7.45. The topological polar surface area (TPSA) is 39.2 Å². The number of hydrogen-bond acceptors (Lipinski definition) is 4. The van der Waals surface area contributed by atoms with Crippen LogP contribution in [0.4, 0.5) is 0 Å². The number of aromatic nitrogens is 1. The molecule has 104 valence electrons. The number of esters is 1. The lowest BCUT2D eigenvalue weighted by Gasteiger charge is -2.14. The highest BCUT2D eigenvalue weighted by Gasteiger charge is 2.22. The average molecular weight is 352 g/mol. The fourth-order valence-corrected chi connectivity index (χ4v) is 3.36. The first kappa shape index (κ1) is 15.1. The average Bonchev–Trinajstić information content (AvgIpc) is 2.50. The van der Waals surface area contributed by atoms with Crippen molar-refractivity contribution in [3.63, 3.8) is 0 Å². The van der Waals surface area contributed by atoms with Gasteiger partial charge in [0.05, 0.1) is 13.0 Å². The molecule has 0 spiro atoms. The first-order valence-corrected chi connectivity index (χ1v) is 7.86. The van der Waals surface area contributed by atoms with Crippen molar-refractivity contribution >= 4 is 33.7 Å². The minimum Gasteiger partial charge on any atom is -0.469 e. The molecule has 0 aliphatic carbocycles. The van der Waals surface area contributed by atoms with Crippen LogP contribution in [0, 0.1) is 0 Å². The van der Waals surface area contributed by atoms with Crippen LogP contribution in [0.1, 0.15) is 11.5 Å². The molecule has 0 saturated carbocycles. The summed E-state index contributed by atoms with van der Waals surface area (Å²) in [6.07, 6.45) is 1.74. The van der Waals surface area contributed by atoms with Crippen molar-refractivity contribution in [3.8, 4) is 0 Å². The van der Waals surface area contributed by atoms with Crippen LogP contribution in [0.3, 0.4) is 0 Å². The number of thioether (sulfide) groups is 1. The number of hydrogen-bond donors (Lipinski definition) is 0. The molecule has 0 amide bonds. The molecule has 0 saturated heterocycles. The van der Waals surface area contributed by atoms with Gasteiger partial charge < -0.3 is 4.74 Å². The van der Waals surface area contributed by atoms with Crippen LogP contribution in [0.5, 0.6) is 0 Å². The fourth-order valence-electron chi connectivity index (χ4n) is 1.77. The van der Waals surface area contributed by atoms with Crippen molar-refractivity contribution in [3.05, 3.63) is 58.7 Å². The van der Waals surface area contributed by atoms with E-state index < -0.39 is 0 Å². The Hall–Kier alpha value is -1.33. The van der Waals surface area contributed by atoms with E-state index in [1.54, 1.807) is 6.20 Å². The van der Waals surface area contributed by atoms with E-state index in [4.69, 9.17) is 4.74 Å². The Kier molecular flexibility index (Phi) is 5.61. The Morgan fingerprint density at radius 1 is 1.30 bits per heavy atom. The van der Waals surface area contributed by atoms with E-state index >= 15 is 0 Å². The number of ether oxygens (including phenoxy) is 1. The zero-order valence-corrected chi connectivity index (χ0v) is 13.4. The molecule has 1 unspecified atom stereocenters. The van der Waals surface area contributed by atoms with Crippen molar-refractivity contribution < 1.29 is 9.53 Å². The third-order valence-electron chi connectivity index (χ3n) is 2.80. The van der Waals surface area contributed by atoms with Gasteiger partial charge in [-0.25, -0.2) is 4.98 Å². The van der Waals surface area contributed by atoms with Gasteiger partial charge in [-0.1, -0.05) is 30.3 Å². The molecule has 0 bridgehead atoms. The zero-order chi connectivity index (χ0) is 14.4. The molecular weight excluding hydrogens is 338 g/mol. The summed E-state index contributed by atoms with van der Waals surface area (Å²) < 4.78 is 5.83. The molecule has 0 radical (unpaired) electrons. The predicted molar refractivity (Wildman–Crippen MR) is 83.9 cm³/mol. The number of carbonyl (C=O) groups excluding carboxylic acids is 1. The van der Waals surface area contributed by atoms with Crippen molar-refractivity contribution in [1.82, 2.24) is 4.98 Å². The minimum atomic E-state index is -0.292. The van der Waals surface area contributed by atoms with Gasteiger partial charge in [-0.15, -0.1) is 11.8 Å². The van der Waals surface area contributed by atoms with Crippen molar-refractivity contribution in [2.24, 2.45) is 0 Å². The van der Waals surface area contributed by atoms with Crippen LogP contribution in [-0.2, 0) is 9.53 Å². The van der Waals surface area contributed by atoms with Gasteiger partial charge in [0.2, 0.25) is 0 Å². The summed E-state index contributed by atoms with van der Waals surface area (Å²) in [6, 6.07) is 13.5. The first-order chi connectivity index (χ1) is 9.72. The Morgan fingerprint density at radius 2 is 2.05 bits per heavy atom. The molecule has 2 rings (SSSR count). The fraction of sp³-hybridized carbons (Fsp3) is 0.200. The number of benzene rings is 1. The van der Waals surface area contributed by atoms with Gasteiger partial charge in [-0.05, 0) is 33.6 Å². The molecule has 1 aromatic heterocycles. The monoisotopic (exact) mass is 351 g/mol. The van der Waals surface area contributed by atoms with Crippen molar-refractivity contribution in [2.75, 3.05) is 12.9 Å². The highest BCUT2D eigenvalue weighted by molar-refractivity contribution is 9.10. The molecule has 0 fully saturated rings. The molecule has 20 heavy (non-hydrogen) atoms. The quantitative estimate of drug-likeness (QED) is 0.605. The van der Waals surface area contributed by atoms with Crippen molar-refractivity contribution in [1.29, 1.82) is 0 Å². The van der Waals surface area contributed by atoms with E-state index in [1.165, 1.54) is 18.9 Å². The number of carbonyl (C=O) groups is 1. The summed E-state index contributed by atoms with van der Waals surface area (Å²) in [5, 5.41) is 0.873. The highest BCUT2D eigenvalue weighted by atomic mass is 79.9. The van der Waals surface area contributed by atoms with Gasteiger partial charge in [0.1, 0.15) is 5.03 Å². The first-order valence-electron chi connectivity index (χ1n) is 6.08. The maximum absolute atomic E-state index is 12.0. The number of methoxy groups -OCH3 is 1. The Labute approximate surface area is 130 Å². The number of halogens is 1. The van der Waals surface area contributed by atoms with Gasteiger partial charge in [0.15, 0.2) is 0 Å². The second-order valence-corrected chi connectivity index (χ2v) is 5.95. The van der Waals surface area contributed by atoms with E-state index in [-0.39, 0.29) is 11.9 Å². The van der Waals surface area contributed by atoms with Crippen LogP contribution in [0.2, 0.25) is 0 Å². The number of rotatable bonds is 5. The van der Waals surface area contributed by atoms with Crippen LogP contribution >= 0.6 is 27.7 Å². The van der Waals surface area contributed by atoms with Crippen LogP contribution in [0.25, 0.3) is 0 Å². The maximum Gasteiger partial charge on any atom is 0.313 e. The lowest BCUT2D eigenvalue weighted by Crippen LogP contribution is -2.16. The summed E-state index contributed by atoms with van der Waals surface area (Å²) in [5.74, 6) is 0.0719. The van der Waals surface area contributed by atoms with Gasteiger partial charge in [0.25, 0.3) is 0 Å². The largest absolute Gasteiger partial charge is 0.469 e. The minimum absolute atomic E-state index is 0.226. The van der Waals surface area contributed by atoms with Crippen LogP contribution in [-0.4, -0.2) is 23.8 Å². The van der Waals surface area contributed by atoms with Gasteiger partial charge in [0, 0.05) is 16.4 Å². The summed E-state index contributed by atoms with van der Waals surface area (Å²) >= 11 is 4.99. The van der Waals surface area contributed by atoms with Gasteiger partial charge >= 0.3 is 5.97 Å². The molecule has 2 aromatic rings. The highest BCUT2D eigenvalue weighted by Crippen LogP contribution is 2.30. The third-order valence-corrected chi connectivity index (χ3v) is 4.80. The second-order valence-electron chi connectivity index (χ2n) is 4.09. The van der Waals surface area contributed by atoms with Crippen molar-refractivity contribution in [2.45, 2.75) is 10.9 Å². The smallest absolute Gasteiger partial charge is 0.313 e. The molecule has 0 aliphatic heterocycles. The summed E-state index contributed by atoms with van der Waals surface area (Å²) in [7, 11) is 1.42. The Bertz CT molecular complexity index is 577. The van der Waals surface area contributed by atoms with E-state index in [0.717, 1.165) is 15.1 Å². The van der Waals surface area contributed by atoms with Gasteiger partial charge in [-0.3, -0.25) is 4.79 Å². The lowest BCUT2D eigenvalue weighted by atomic mass is 10.0. The normalized spacial score (nSPS) is 11.9. The molecule has 1 atom stereocenters. The standard InChI is InChI=1S/C15H14BrNO2S/c1-19-15(18)12(11-6-3-2-4-7-11)10-20-14-13(16)8-5-9-17-14/h2-9,12H,10H2,1H3. The summed E-state index contributed by atoms with van der Waals surface area (Å²) in [6.45, 7) is 0. The molecule has 0 aliphatic rings. The SMILES string of the molecule is COC(=O)C(CSc1ncccc1Br)c1ccccc1. The predicted octanol–water partition coefficient (Wildman–Crippen LogP) is 3.89. The number of nitrogens with zero attached hydrogens (tertiary/aromatic N) is 1. The Morgan fingerprint density at radius 3 is 2.70 bits per heavy atom. The molecular formula is C15H14BrNO2S. The molecule has 1 aromatic carbocycles. The molecule has 5 heteroatoms. The van der Waals surface area contributed by atoms with Crippen LogP contribution < -0.4 is 0 Å². The zero-order valence-electron chi connectivity index (χ0n) is 11.0. The summed E-state index contributed by atoms with van der Waals surface area (Å²) in [4.78, 5) is 16.2. The van der Waals surface area contributed by atoms with Crippen LogP contribution in [0.15, 0.2) is 58.2 Å². The lowest BCUT2D eigenvalue weighted by molar-refractivity contribution is -0.141. The molecule has 0 N–H and O–H groups in total. The molecule has 3 nitrogen and oxygen atoms in total. The molecule has 1 heterocycles. The van der Waals surface area contributed by atoms with E-state index in [1.807, 2.05) is 42.5 Å². The van der Waals surface area contributed by atoms with E-state index in [9.17, 15) is 4.79 Å². The number of pyridine rings is 1. The maximum atomic E-state index is 12.0. The van der Waals surface area contributed by atoms with E-state index in [2.05, 4.69) is 20.9 Å². The van der Waals surface area contributed by atoms with Gasteiger partial charge in [-0.2, -0.15) is 0 Å². The Balaban J connectivity index is 2.14. The van der Waals surface area contributed by atoms with E-state index in [0.29, 0.717) is 5.75 Å². The summed E-state index contributed by atoms with van der Waals surface area (Å²) in [5.41, 5.74) is 0.957.